The minimum atomic E-state index is -0.294. The Kier molecular flexibility index (Phi) is 4.86. The highest BCUT2D eigenvalue weighted by atomic mass is 16.7. The zero-order chi connectivity index (χ0) is 22.2. The monoisotopic (exact) mass is 427 g/mol. The molecular weight excluding hydrogens is 406 g/mol. The van der Waals surface area contributed by atoms with E-state index in [0.717, 1.165) is 16.8 Å². The number of nitrogens with zero attached hydrogens (tertiary/aromatic N) is 2. The van der Waals surface area contributed by atoms with Gasteiger partial charge in [0.25, 0.3) is 11.5 Å². The van der Waals surface area contributed by atoms with E-state index in [1.807, 2.05) is 44.2 Å². The van der Waals surface area contributed by atoms with Gasteiger partial charge in [-0.1, -0.05) is 29.8 Å². The highest BCUT2D eigenvalue weighted by molar-refractivity contribution is 5.94. The Bertz CT molecular complexity index is 1420. The molecule has 7 nitrogen and oxygen atoms in total. The average Bonchev–Trinajstić information content (AvgIpc) is 3.26. The fourth-order valence-electron chi connectivity index (χ4n) is 3.90. The van der Waals surface area contributed by atoms with Crippen molar-refractivity contribution < 1.29 is 14.3 Å². The maximum absolute atomic E-state index is 13.4. The van der Waals surface area contributed by atoms with Crippen molar-refractivity contribution in [1.82, 2.24) is 14.9 Å². The highest BCUT2D eigenvalue weighted by Crippen LogP contribution is 2.32. The van der Waals surface area contributed by atoms with Crippen LogP contribution in [-0.4, -0.2) is 22.3 Å². The van der Waals surface area contributed by atoms with Gasteiger partial charge < -0.3 is 14.8 Å². The van der Waals surface area contributed by atoms with Gasteiger partial charge >= 0.3 is 0 Å². The summed E-state index contributed by atoms with van der Waals surface area (Å²) < 4.78 is 12.2. The summed E-state index contributed by atoms with van der Waals surface area (Å²) in [6, 6.07) is 18.1. The molecule has 1 aliphatic heterocycles. The van der Waals surface area contributed by atoms with Crippen molar-refractivity contribution in [2.75, 3.05) is 6.79 Å². The molecule has 0 bridgehead atoms. The molecular formula is C25H21N3O4. The molecule has 0 unspecified atom stereocenters. The number of hydrogen-bond acceptors (Lipinski definition) is 5. The number of para-hydroxylation sites is 1. The van der Waals surface area contributed by atoms with E-state index >= 15 is 0 Å². The Hall–Kier alpha value is -4.13. The highest BCUT2D eigenvalue weighted by Gasteiger charge is 2.18. The standard InChI is InChI=1S/C25H21N3O4/c1-15-7-9-20(16(2)11-15)28-23(27-19-6-4-3-5-18(19)25(28)30)13-26-24(29)17-8-10-21-22(12-17)32-14-31-21/h3-12H,13-14H2,1-2H3,(H,26,29). The fourth-order valence-corrected chi connectivity index (χ4v) is 3.90. The van der Waals surface area contributed by atoms with Crippen molar-refractivity contribution in [2.45, 2.75) is 20.4 Å². The molecule has 4 aromatic rings. The molecule has 1 amide bonds. The molecule has 0 fully saturated rings. The molecule has 32 heavy (non-hydrogen) atoms. The minimum Gasteiger partial charge on any atom is -0.454 e. The zero-order valence-electron chi connectivity index (χ0n) is 17.7. The molecule has 0 aliphatic carbocycles. The summed E-state index contributed by atoms with van der Waals surface area (Å²) in [5.41, 5.74) is 3.65. The summed E-state index contributed by atoms with van der Waals surface area (Å²) in [4.78, 5) is 30.9. The number of carbonyl (C=O) groups excluding carboxylic acids is 1. The van der Waals surface area contributed by atoms with Crippen LogP contribution >= 0.6 is 0 Å². The molecule has 0 saturated carbocycles. The van der Waals surface area contributed by atoms with Gasteiger partial charge in [0, 0.05) is 5.56 Å². The Morgan fingerprint density at radius 3 is 2.69 bits per heavy atom. The fraction of sp³-hybridized carbons (Fsp3) is 0.160. The Morgan fingerprint density at radius 1 is 1.03 bits per heavy atom. The molecule has 0 radical (unpaired) electrons. The van der Waals surface area contributed by atoms with Crippen molar-refractivity contribution in [3.8, 4) is 17.2 Å². The second kappa shape index (κ2) is 7.85. The van der Waals surface area contributed by atoms with E-state index in [-0.39, 0.29) is 24.8 Å². The van der Waals surface area contributed by atoms with Crippen molar-refractivity contribution in [3.63, 3.8) is 0 Å². The van der Waals surface area contributed by atoms with Gasteiger partial charge in [-0.3, -0.25) is 14.2 Å². The van der Waals surface area contributed by atoms with Crippen LogP contribution in [0.15, 0.2) is 65.5 Å². The second-order valence-corrected chi connectivity index (χ2v) is 7.73. The Morgan fingerprint density at radius 2 is 1.84 bits per heavy atom. The topological polar surface area (TPSA) is 82.5 Å². The van der Waals surface area contributed by atoms with Gasteiger partial charge in [0.15, 0.2) is 11.5 Å². The van der Waals surface area contributed by atoms with Gasteiger partial charge in [-0.2, -0.15) is 0 Å². The molecule has 3 aromatic carbocycles. The third kappa shape index (κ3) is 3.47. The predicted molar refractivity (Wildman–Crippen MR) is 121 cm³/mol. The van der Waals surface area contributed by atoms with Gasteiger partial charge in [0.2, 0.25) is 6.79 Å². The maximum Gasteiger partial charge on any atom is 0.266 e. The molecule has 0 atom stereocenters. The van der Waals surface area contributed by atoms with Crippen LogP contribution in [0.1, 0.15) is 27.3 Å². The van der Waals surface area contributed by atoms with E-state index in [2.05, 4.69) is 5.32 Å². The third-order valence-corrected chi connectivity index (χ3v) is 5.48. The summed E-state index contributed by atoms with van der Waals surface area (Å²) in [5.74, 6) is 1.31. The van der Waals surface area contributed by atoms with Crippen LogP contribution in [0.5, 0.6) is 11.5 Å². The summed E-state index contributed by atoms with van der Waals surface area (Å²) in [6.07, 6.45) is 0. The van der Waals surface area contributed by atoms with Crippen LogP contribution < -0.4 is 20.3 Å². The van der Waals surface area contributed by atoms with E-state index in [9.17, 15) is 9.59 Å². The first-order valence-corrected chi connectivity index (χ1v) is 10.3. The summed E-state index contributed by atoms with van der Waals surface area (Å²) in [7, 11) is 0. The first-order chi connectivity index (χ1) is 15.5. The third-order valence-electron chi connectivity index (χ3n) is 5.48. The van der Waals surface area contributed by atoms with Crippen molar-refractivity contribution >= 4 is 16.8 Å². The average molecular weight is 427 g/mol. The predicted octanol–water partition coefficient (Wildman–Crippen LogP) is 3.66. The lowest BCUT2D eigenvalue weighted by Gasteiger charge is -2.16. The number of fused-ring (bicyclic) bond motifs is 2. The first kappa shape index (κ1) is 19.8. The molecule has 0 spiro atoms. The van der Waals surface area contributed by atoms with Crippen LogP contribution in [0, 0.1) is 13.8 Å². The lowest BCUT2D eigenvalue weighted by Crippen LogP contribution is -2.30. The van der Waals surface area contributed by atoms with Gasteiger partial charge in [-0.05, 0) is 55.8 Å². The van der Waals surface area contributed by atoms with Gasteiger partial charge in [0.05, 0.1) is 23.1 Å². The normalized spacial score (nSPS) is 12.2. The van der Waals surface area contributed by atoms with Crippen LogP contribution in [0.2, 0.25) is 0 Å². The lowest BCUT2D eigenvalue weighted by atomic mass is 10.1. The molecule has 160 valence electrons. The van der Waals surface area contributed by atoms with Gasteiger partial charge in [-0.25, -0.2) is 4.98 Å². The summed E-state index contributed by atoms with van der Waals surface area (Å²) in [6.45, 7) is 4.19. The quantitative estimate of drug-likeness (QED) is 0.538. The number of aryl methyl sites for hydroxylation is 2. The SMILES string of the molecule is Cc1ccc(-n2c(CNC(=O)c3ccc4c(c3)OCO4)nc3ccccc3c2=O)c(C)c1. The number of benzene rings is 3. The van der Waals surface area contributed by atoms with Crippen molar-refractivity contribution in [1.29, 1.82) is 0 Å². The number of rotatable bonds is 4. The van der Waals surface area contributed by atoms with Crippen LogP contribution in [0.25, 0.3) is 16.6 Å². The Balaban J connectivity index is 1.54. The number of amides is 1. The van der Waals surface area contributed by atoms with Gasteiger partial charge in [-0.15, -0.1) is 0 Å². The first-order valence-electron chi connectivity index (χ1n) is 10.3. The number of aromatic nitrogens is 2. The second-order valence-electron chi connectivity index (χ2n) is 7.73. The minimum absolute atomic E-state index is 0.0840. The summed E-state index contributed by atoms with van der Waals surface area (Å²) in [5, 5.41) is 3.41. The van der Waals surface area contributed by atoms with E-state index in [1.54, 1.807) is 34.9 Å². The molecule has 5 rings (SSSR count). The molecule has 1 aliphatic rings. The largest absolute Gasteiger partial charge is 0.454 e. The zero-order valence-corrected chi connectivity index (χ0v) is 17.7. The molecule has 1 N–H and O–H groups in total. The lowest BCUT2D eigenvalue weighted by molar-refractivity contribution is 0.0949. The van der Waals surface area contributed by atoms with Crippen molar-refractivity contribution in [3.05, 3.63) is 93.5 Å². The smallest absolute Gasteiger partial charge is 0.266 e. The maximum atomic E-state index is 13.4. The molecule has 7 heteroatoms. The number of ether oxygens (including phenoxy) is 2. The number of hydrogen-bond donors (Lipinski definition) is 1. The van der Waals surface area contributed by atoms with E-state index in [0.29, 0.717) is 33.8 Å². The Labute approximate surface area is 184 Å². The van der Waals surface area contributed by atoms with Crippen molar-refractivity contribution in [2.24, 2.45) is 0 Å². The van der Waals surface area contributed by atoms with E-state index in [1.165, 1.54) is 0 Å². The number of carbonyl (C=O) groups is 1. The number of nitrogens with one attached hydrogen (secondary N) is 1. The summed E-state index contributed by atoms with van der Waals surface area (Å²) >= 11 is 0. The van der Waals surface area contributed by atoms with Crippen LogP contribution in [0.4, 0.5) is 0 Å². The van der Waals surface area contributed by atoms with Gasteiger partial charge in [0.1, 0.15) is 5.82 Å². The van der Waals surface area contributed by atoms with Crippen LogP contribution in [0.3, 0.4) is 0 Å². The molecule has 1 aromatic heterocycles. The van der Waals surface area contributed by atoms with Crippen LogP contribution in [-0.2, 0) is 6.54 Å². The molecule has 2 heterocycles. The molecule has 0 saturated heterocycles. The van der Waals surface area contributed by atoms with E-state index in [4.69, 9.17) is 14.5 Å². The van der Waals surface area contributed by atoms with E-state index < -0.39 is 0 Å².